The molecule has 0 amide bonds. The van der Waals surface area contributed by atoms with Crippen LogP contribution >= 0.6 is 11.8 Å². The summed E-state index contributed by atoms with van der Waals surface area (Å²) in [5.74, 6) is 1.00. The summed E-state index contributed by atoms with van der Waals surface area (Å²) in [5, 5.41) is 1.01. The van der Waals surface area contributed by atoms with Crippen LogP contribution in [0.5, 0.6) is 5.75 Å². The largest absolute Gasteiger partial charge is 0.451 e. The molecule has 0 fully saturated rings. The first-order chi connectivity index (χ1) is 5.90. The standard InChI is InChI=1S/C10H10OS/c1-12-10-7-6-8-4-2-3-5-9(8)11-10/h2-5,7H,6H2,1H3. The van der Waals surface area contributed by atoms with Crippen LogP contribution in [0, 0.1) is 0 Å². The van der Waals surface area contributed by atoms with E-state index in [2.05, 4.69) is 12.1 Å². The Balaban J connectivity index is 2.31. The van der Waals surface area contributed by atoms with Crippen molar-refractivity contribution < 1.29 is 4.74 Å². The van der Waals surface area contributed by atoms with Gasteiger partial charge in [0.25, 0.3) is 0 Å². The third-order valence-electron chi connectivity index (χ3n) is 1.87. The quantitative estimate of drug-likeness (QED) is 0.654. The van der Waals surface area contributed by atoms with Gasteiger partial charge in [0.15, 0.2) is 5.09 Å². The van der Waals surface area contributed by atoms with Gasteiger partial charge in [-0.15, -0.1) is 0 Å². The van der Waals surface area contributed by atoms with E-state index < -0.39 is 0 Å². The second-order valence-electron chi connectivity index (χ2n) is 2.64. The predicted molar refractivity (Wildman–Crippen MR) is 52.4 cm³/mol. The van der Waals surface area contributed by atoms with Gasteiger partial charge < -0.3 is 4.74 Å². The zero-order valence-electron chi connectivity index (χ0n) is 6.91. The van der Waals surface area contributed by atoms with Crippen molar-refractivity contribution in [3.05, 3.63) is 41.0 Å². The molecule has 1 heterocycles. The van der Waals surface area contributed by atoms with E-state index in [1.54, 1.807) is 11.8 Å². The van der Waals surface area contributed by atoms with Gasteiger partial charge in [-0.2, -0.15) is 0 Å². The molecule has 1 aliphatic rings. The normalized spacial score (nSPS) is 14.6. The van der Waals surface area contributed by atoms with Crippen LogP contribution < -0.4 is 4.74 Å². The summed E-state index contributed by atoms with van der Waals surface area (Å²) in [6.45, 7) is 0. The van der Waals surface area contributed by atoms with Crippen molar-refractivity contribution in [1.29, 1.82) is 0 Å². The third kappa shape index (κ3) is 1.34. The smallest absolute Gasteiger partial charge is 0.156 e. The minimum Gasteiger partial charge on any atom is -0.451 e. The molecule has 0 saturated carbocycles. The van der Waals surface area contributed by atoms with E-state index in [4.69, 9.17) is 4.74 Å². The van der Waals surface area contributed by atoms with E-state index in [1.165, 1.54) is 5.56 Å². The summed E-state index contributed by atoms with van der Waals surface area (Å²) in [5.41, 5.74) is 1.27. The molecular formula is C10H10OS. The number of rotatable bonds is 1. The van der Waals surface area contributed by atoms with E-state index in [1.807, 2.05) is 24.5 Å². The molecule has 0 radical (unpaired) electrons. The monoisotopic (exact) mass is 178 g/mol. The maximum Gasteiger partial charge on any atom is 0.156 e. The van der Waals surface area contributed by atoms with Crippen LogP contribution in [0.2, 0.25) is 0 Å². The molecule has 2 rings (SSSR count). The number of hydrogen-bond donors (Lipinski definition) is 0. The van der Waals surface area contributed by atoms with Crippen molar-refractivity contribution in [2.45, 2.75) is 6.42 Å². The Bertz CT molecular complexity index is 317. The molecule has 0 aliphatic carbocycles. The van der Waals surface area contributed by atoms with Crippen LogP contribution in [-0.4, -0.2) is 6.26 Å². The lowest BCUT2D eigenvalue weighted by atomic mass is 10.1. The van der Waals surface area contributed by atoms with Crippen LogP contribution in [0.25, 0.3) is 0 Å². The van der Waals surface area contributed by atoms with Crippen molar-refractivity contribution in [1.82, 2.24) is 0 Å². The van der Waals surface area contributed by atoms with Gasteiger partial charge in [-0.25, -0.2) is 0 Å². The minimum absolute atomic E-state index is 0.992. The van der Waals surface area contributed by atoms with E-state index >= 15 is 0 Å². The maximum atomic E-state index is 5.61. The highest BCUT2D eigenvalue weighted by Gasteiger charge is 2.09. The molecule has 1 aromatic carbocycles. The maximum absolute atomic E-state index is 5.61. The van der Waals surface area contributed by atoms with E-state index in [0.717, 1.165) is 17.3 Å². The zero-order chi connectivity index (χ0) is 8.39. The van der Waals surface area contributed by atoms with Gasteiger partial charge in [0.2, 0.25) is 0 Å². The molecule has 0 bridgehead atoms. The van der Waals surface area contributed by atoms with Crippen LogP contribution in [0.4, 0.5) is 0 Å². The number of fused-ring (bicyclic) bond motifs is 1. The van der Waals surface area contributed by atoms with Gasteiger partial charge >= 0.3 is 0 Å². The summed E-state index contributed by atoms with van der Waals surface area (Å²) in [6.07, 6.45) is 5.14. The Morgan fingerprint density at radius 3 is 3.00 bits per heavy atom. The van der Waals surface area contributed by atoms with Crippen molar-refractivity contribution in [3.8, 4) is 5.75 Å². The second kappa shape index (κ2) is 3.23. The average Bonchev–Trinajstić information content (AvgIpc) is 2.17. The lowest BCUT2D eigenvalue weighted by Crippen LogP contribution is -2.00. The van der Waals surface area contributed by atoms with Gasteiger partial charge in [-0.3, -0.25) is 0 Å². The first-order valence-corrected chi connectivity index (χ1v) is 5.12. The van der Waals surface area contributed by atoms with Crippen LogP contribution in [-0.2, 0) is 6.42 Å². The Labute approximate surface area is 76.4 Å². The summed E-state index contributed by atoms with van der Waals surface area (Å²) in [4.78, 5) is 0. The Hall–Kier alpha value is -0.890. The van der Waals surface area contributed by atoms with E-state index in [-0.39, 0.29) is 0 Å². The fourth-order valence-corrected chi connectivity index (χ4v) is 1.66. The number of benzene rings is 1. The minimum atomic E-state index is 0.992. The number of allylic oxidation sites excluding steroid dienone is 1. The average molecular weight is 178 g/mol. The van der Waals surface area contributed by atoms with Gasteiger partial charge in [0.05, 0.1) is 0 Å². The highest BCUT2D eigenvalue weighted by molar-refractivity contribution is 8.02. The fourth-order valence-electron chi connectivity index (χ4n) is 1.24. The van der Waals surface area contributed by atoms with E-state index in [0.29, 0.717) is 0 Å². The summed E-state index contributed by atoms with van der Waals surface area (Å²) in [6, 6.07) is 8.16. The molecular weight excluding hydrogens is 168 g/mol. The molecule has 62 valence electrons. The summed E-state index contributed by atoms with van der Waals surface area (Å²) < 4.78 is 5.61. The molecule has 1 aliphatic heterocycles. The van der Waals surface area contributed by atoms with Crippen LogP contribution in [0.1, 0.15) is 5.56 Å². The Morgan fingerprint density at radius 1 is 1.33 bits per heavy atom. The van der Waals surface area contributed by atoms with E-state index in [9.17, 15) is 0 Å². The van der Waals surface area contributed by atoms with Gasteiger partial charge in [-0.05, 0) is 30.4 Å². The van der Waals surface area contributed by atoms with Crippen molar-refractivity contribution in [2.75, 3.05) is 6.26 Å². The molecule has 12 heavy (non-hydrogen) atoms. The molecule has 0 aromatic heterocycles. The number of thioether (sulfide) groups is 1. The summed E-state index contributed by atoms with van der Waals surface area (Å²) in [7, 11) is 0. The van der Waals surface area contributed by atoms with Gasteiger partial charge in [-0.1, -0.05) is 30.0 Å². The lowest BCUT2D eigenvalue weighted by Gasteiger charge is -2.15. The first kappa shape index (κ1) is 7.74. The van der Waals surface area contributed by atoms with Gasteiger partial charge in [0, 0.05) is 0 Å². The Kier molecular flexibility index (Phi) is 2.09. The topological polar surface area (TPSA) is 9.23 Å². The number of hydrogen-bond acceptors (Lipinski definition) is 2. The zero-order valence-corrected chi connectivity index (χ0v) is 7.73. The van der Waals surface area contributed by atoms with Crippen molar-refractivity contribution in [3.63, 3.8) is 0 Å². The second-order valence-corrected chi connectivity index (χ2v) is 3.45. The molecule has 1 nitrogen and oxygen atoms in total. The number of para-hydroxylation sites is 1. The van der Waals surface area contributed by atoms with Crippen molar-refractivity contribution in [2.24, 2.45) is 0 Å². The van der Waals surface area contributed by atoms with Crippen molar-refractivity contribution >= 4 is 11.8 Å². The van der Waals surface area contributed by atoms with Crippen LogP contribution in [0.15, 0.2) is 35.4 Å². The van der Waals surface area contributed by atoms with Gasteiger partial charge in [0.1, 0.15) is 5.75 Å². The molecule has 0 N–H and O–H groups in total. The first-order valence-electron chi connectivity index (χ1n) is 3.90. The number of ether oxygens (including phenoxy) is 1. The lowest BCUT2D eigenvalue weighted by molar-refractivity contribution is 0.450. The molecule has 0 spiro atoms. The Morgan fingerprint density at radius 2 is 2.17 bits per heavy atom. The third-order valence-corrected chi connectivity index (χ3v) is 2.53. The SMILES string of the molecule is CSC1=CCc2ccccc2O1. The fraction of sp³-hybridized carbons (Fsp3) is 0.200. The molecule has 2 heteroatoms. The highest BCUT2D eigenvalue weighted by atomic mass is 32.2. The van der Waals surface area contributed by atoms with Crippen LogP contribution in [0.3, 0.4) is 0 Å². The molecule has 1 aromatic rings. The molecule has 0 atom stereocenters. The predicted octanol–water partition coefficient (Wildman–Crippen LogP) is 2.83. The summed E-state index contributed by atoms with van der Waals surface area (Å²) >= 11 is 1.65. The molecule has 0 unspecified atom stereocenters. The highest BCUT2D eigenvalue weighted by Crippen LogP contribution is 2.29. The molecule has 0 saturated heterocycles.